The molecule has 3 N–H and O–H groups in total. The summed E-state index contributed by atoms with van der Waals surface area (Å²) in [7, 11) is 0. The lowest BCUT2D eigenvalue weighted by molar-refractivity contribution is -0.127. The minimum atomic E-state index is -0.845. The molecule has 0 aliphatic heterocycles. The monoisotopic (exact) mass is 650 g/mol. The molecule has 3 atom stereocenters. The number of hydrogen-bond acceptors (Lipinski definition) is 3. The van der Waals surface area contributed by atoms with Crippen LogP contribution in [-0.4, -0.2) is 34.9 Å². The number of unbranched alkanes of at least 4 members (excludes halogenated alkanes) is 27. The summed E-state index contributed by atoms with van der Waals surface area (Å²) in [5.74, 6) is 0.00596. The second-order valence-corrected chi connectivity index (χ2v) is 14.5. The van der Waals surface area contributed by atoms with Crippen LogP contribution in [0.25, 0.3) is 0 Å². The minimum Gasteiger partial charge on any atom is -0.394 e. The second-order valence-electron chi connectivity index (χ2n) is 14.5. The van der Waals surface area contributed by atoms with E-state index >= 15 is 0 Å². The predicted molar refractivity (Wildman–Crippen MR) is 202 cm³/mol. The molecule has 0 aromatic heterocycles. The summed E-state index contributed by atoms with van der Waals surface area (Å²) in [6.45, 7) is 6.56. The van der Waals surface area contributed by atoms with E-state index in [2.05, 4.69) is 26.1 Å². The zero-order valence-electron chi connectivity index (χ0n) is 31.5. The molecular weight excluding hydrogens is 566 g/mol. The van der Waals surface area contributed by atoms with Crippen LogP contribution in [0.3, 0.4) is 0 Å². The van der Waals surface area contributed by atoms with E-state index < -0.39 is 12.1 Å². The lowest BCUT2D eigenvalue weighted by Gasteiger charge is -2.24. The van der Waals surface area contributed by atoms with Gasteiger partial charge in [-0.3, -0.25) is 4.79 Å². The van der Waals surface area contributed by atoms with Crippen LogP contribution in [0.4, 0.5) is 0 Å². The Bertz CT molecular complexity index is 636. The quantitative estimate of drug-likeness (QED) is 0.0463. The molecule has 0 saturated heterocycles. The van der Waals surface area contributed by atoms with Crippen LogP contribution < -0.4 is 5.32 Å². The molecule has 0 aliphatic carbocycles. The number of hydrogen-bond donors (Lipinski definition) is 3. The van der Waals surface area contributed by atoms with Crippen molar-refractivity contribution in [1.29, 1.82) is 0 Å². The first kappa shape index (κ1) is 45.1. The van der Waals surface area contributed by atoms with Crippen molar-refractivity contribution in [2.75, 3.05) is 6.61 Å². The number of nitrogens with one attached hydrogen (secondary N) is 1. The first-order valence-corrected chi connectivity index (χ1v) is 20.9. The second kappa shape index (κ2) is 37.0. The highest BCUT2D eigenvalue weighted by Gasteiger charge is 2.24. The van der Waals surface area contributed by atoms with Crippen LogP contribution in [0.15, 0.2) is 12.2 Å². The standard InChI is InChI=1S/C42H83NO3/c1-4-7-10-13-16-19-21-22-23-25-28-31-34-37-41(45)40(38-44)43-42(46)39(35-32-29-26-18-15-12-9-6-3)36-33-30-27-24-20-17-14-11-8-5-2/h34,37,39-41,44-45H,4-33,35-36,38H2,1-3H3,(H,43,46)/b37-34+. The molecule has 0 fully saturated rings. The molecule has 0 aliphatic rings. The molecule has 0 radical (unpaired) electrons. The molecule has 0 heterocycles. The van der Waals surface area contributed by atoms with Crippen LogP contribution in [-0.2, 0) is 4.79 Å². The van der Waals surface area contributed by atoms with Crippen molar-refractivity contribution in [2.24, 2.45) is 5.92 Å². The summed E-state index contributed by atoms with van der Waals surface area (Å²) >= 11 is 0. The number of allylic oxidation sites excluding steroid dienone is 1. The van der Waals surface area contributed by atoms with Gasteiger partial charge in [-0.05, 0) is 25.7 Å². The van der Waals surface area contributed by atoms with Gasteiger partial charge in [0, 0.05) is 5.92 Å². The van der Waals surface area contributed by atoms with Gasteiger partial charge in [-0.25, -0.2) is 0 Å². The minimum absolute atomic E-state index is 0.0179. The van der Waals surface area contributed by atoms with Gasteiger partial charge in [0.2, 0.25) is 5.91 Å². The number of aliphatic hydroxyl groups excluding tert-OH is 2. The fourth-order valence-corrected chi connectivity index (χ4v) is 6.65. The first-order valence-electron chi connectivity index (χ1n) is 20.9. The number of carbonyl (C=O) groups is 1. The maximum atomic E-state index is 13.4. The summed E-state index contributed by atoms with van der Waals surface area (Å²) in [6.07, 6.45) is 43.5. The van der Waals surface area contributed by atoms with Crippen molar-refractivity contribution >= 4 is 5.91 Å². The summed E-state index contributed by atoms with van der Waals surface area (Å²) < 4.78 is 0. The fraction of sp³-hybridized carbons (Fsp3) is 0.929. The molecule has 0 spiro atoms. The molecule has 0 aromatic rings. The van der Waals surface area contributed by atoms with Crippen LogP contribution in [0.1, 0.15) is 226 Å². The number of rotatable bonds is 37. The van der Waals surface area contributed by atoms with E-state index in [1.807, 2.05) is 6.08 Å². The molecule has 274 valence electrons. The predicted octanol–water partition coefficient (Wildman–Crippen LogP) is 12.5. The third-order valence-electron chi connectivity index (χ3n) is 9.93. The largest absolute Gasteiger partial charge is 0.394 e. The van der Waals surface area contributed by atoms with Gasteiger partial charge >= 0.3 is 0 Å². The lowest BCUT2D eigenvalue weighted by Crippen LogP contribution is -2.47. The molecule has 0 rings (SSSR count). The SMILES string of the molecule is CCCCCCCCCCCCC/C=C/C(O)C(CO)NC(=O)C(CCCCCCCCCC)CCCCCCCCCCCC. The molecule has 0 saturated carbocycles. The van der Waals surface area contributed by atoms with Gasteiger partial charge in [-0.15, -0.1) is 0 Å². The van der Waals surface area contributed by atoms with Crippen molar-refractivity contribution in [3.8, 4) is 0 Å². The Labute approximate surface area is 288 Å². The van der Waals surface area contributed by atoms with Gasteiger partial charge in [0.1, 0.15) is 0 Å². The topological polar surface area (TPSA) is 69.6 Å². The third-order valence-corrected chi connectivity index (χ3v) is 9.93. The van der Waals surface area contributed by atoms with Gasteiger partial charge < -0.3 is 15.5 Å². The van der Waals surface area contributed by atoms with E-state index in [4.69, 9.17) is 0 Å². The summed E-state index contributed by atoms with van der Waals surface area (Å²) in [6, 6.07) is -0.630. The maximum Gasteiger partial charge on any atom is 0.223 e. The fourth-order valence-electron chi connectivity index (χ4n) is 6.65. The van der Waals surface area contributed by atoms with Crippen LogP contribution in [0.2, 0.25) is 0 Å². The van der Waals surface area contributed by atoms with E-state index in [1.54, 1.807) is 6.08 Å². The zero-order valence-corrected chi connectivity index (χ0v) is 31.5. The van der Waals surface area contributed by atoms with Crippen LogP contribution >= 0.6 is 0 Å². The van der Waals surface area contributed by atoms with Gasteiger partial charge in [0.25, 0.3) is 0 Å². The average Bonchev–Trinajstić information content (AvgIpc) is 3.06. The van der Waals surface area contributed by atoms with Crippen molar-refractivity contribution in [1.82, 2.24) is 5.32 Å². The van der Waals surface area contributed by atoms with Crippen LogP contribution in [0, 0.1) is 5.92 Å². The van der Waals surface area contributed by atoms with Crippen molar-refractivity contribution in [3.05, 3.63) is 12.2 Å². The van der Waals surface area contributed by atoms with E-state index in [1.165, 1.54) is 167 Å². The Morgan fingerprint density at radius 2 is 0.848 bits per heavy atom. The summed E-state index contributed by atoms with van der Waals surface area (Å²) in [4.78, 5) is 13.4. The Hall–Kier alpha value is -0.870. The van der Waals surface area contributed by atoms with Gasteiger partial charge in [0.05, 0.1) is 18.8 Å². The molecular formula is C42H83NO3. The Morgan fingerprint density at radius 3 is 1.20 bits per heavy atom. The van der Waals surface area contributed by atoms with Crippen molar-refractivity contribution in [3.63, 3.8) is 0 Å². The molecule has 4 nitrogen and oxygen atoms in total. The molecule has 0 bridgehead atoms. The highest BCUT2D eigenvalue weighted by molar-refractivity contribution is 5.79. The number of amides is 1. The van der Waals surface area contributed by atoms with Crippen molar-refractivity contribution in [2.45, 2.75) is 238 Å². The van der Waals surface area contributed by atoms with Crippen LogP contribution in [0.5, 0.6) is 0 Å². The summed E-state index contributed by atoms with van der Waals surface area (Å²) in [5.41, 5.74) is 0. The number of carbonyl (C=O) groups excluding carboxylic acids is 1. The van der Waals surface area contributed by atoms with Gasteiger partial charge in [-0.2, -0.15) is 0 Å². The van der Waals surface area contributed by atoms with E-state index in [9.17, 15) is 15.0 Å². The Morgan fingerprint density at radius 1 is 0.522 bits per heavy atom. The smallest absolute Gasteiger partial charge is 0.223 e. The highest BCUT2D eigenvalue weighted by Crippen LogP contribution is 2.21. The Balaban J connectivity index is 4.45. The average molecular weight is 650 g/mol. The van der Waals surface area contributed by atoms with E-state index in [-0.39, 0.29) is 18.4 Å². The van der Waals surface area contributed by atoms with E-state index in [0.29, 0.717) is 0 Å². The summed E-state index contributed by atoms with van der Waals surface area (Å²) in [5, 5.41) is 23.8. The molecule has 1 amide bonds. The highest BCUT2D eigenvalue weighted by atomic mass is 16.3. The van der Waals surface area contributed by atoms with Crippen molar-refractivity contribution < 1.29 is 15.0 Å². The first-order chi connectivity index (χ1) is 22.6. The van der Waals surface area contributed by atoms with Gasteiger partial charge in [-0.1, -0.05) is 213 Å². The maximum absolute atomic E-state index is 13.4. The molecule has 0 aromatic carbocycles. The Kier molecular flexibility index (Phi) is 36.3. The molecule has 46 heavy (non-hydrogen) atoms. The molecule has 3 unspecified atom stereocenters. The lowest BCUT2D eigenvalue weighted by atomic mass is 9.92. The van der Waals surface area contributed by atoms with E-state index in [0.717, 1.165) is 38.5 Å². The molecule has 4 heteroatoms. The normalized spacial score (nSPS) is 13.8. The van der Waals surface area contributed by atoms with Gasteiger partial charge in [0.15, 0.2) is 0 Å². The number of aliphatic hydroxyl groups is 2. The zero-order chi connectivity index (χ0) is 33.8. The third kappa shape index (κ3) is 30.5.